The molecular weight excluding hydrogens is 377 g/mol. The van der Waals surface area contributed by atoms with Crippen LogP contribution in [-0.2, 0) is 18.2 Å². The lowest BCUT2D eigenvalue weighted by atomic mass is 10.1. The van der Waals surface area contributed by atoms with E-state index in [1.54, 1.807) is 17.7 Å². The van der Waals surface area contributed by atoms with Crippen molar-refractivity contribution in [3.05, 3.63) is 47.1 Å². The zero-order valence-corrected chi connectivity index (χ0v) is 17.0. The van der Waals surface area contributed by atoms with Crippen molar-refractivity contribution in [2.45, 2.75) is 38.7 Å². The molecule has 0 aliphatic carbocycles. The lowest BCUT2D eigenvalue weighted by molar-refractivity contribution is 0.0285. The first-order chi connectivity index (χ1) is 13.5. The van der Waals surface area contributed by atoms with Gasteiger partial charge in [-0.25, -0.2) is 9.37 Å². The van der Waals surface area contributed by atoms with Crippen molar-refractivity contribution in [2.24, 2.45) is 17.9 Å². The molecule has 1 atom stereocenters. The first-order valence-electron chi connectivity index (χ1n) is 9.30. The van der Waals surface area contributed by atoms with Gasteiger partial charge in [-0.05, 0) is 44.4 Å². The summed E-state index contributed by atoms with van der Waals surface area (Å²) < 4.78 is 20.7. The Kier molecular flexibility index (Phi) is 6.88. The first kappa shape index (κ1) is 20.6. The maximum absolute atomic E-state index is 13.5. The van der Waals surface area contributed by atoms with Crippen molar-refractivity contribution >= 4 is 33.9 Å². The number of nitrogens with two attached hydrogens (primary N) is 2. The van der Waals surface area contributed by atoms with E-state index in [-0.39, 0.29) is 5.82 Å². The molecule has 2 aromatic heterocycles. The number of ether oxygens (including phenoxy) is 1. The van der Waals surface area contributed by atoms with Crippen molar-refractivity contribution in [1.29, 1.82) is 0 Å². The molecule has 1 aromatic carbocycles. The molecule has 0 amide bonds. The summed E-state index contributed by atoms with van der Waals surface area (Å²) in [5.41, 5.74) is 8.81. The molecule has 8 heteroatoms. The number of aromatic nitrogens is 3. The quantitative estimate of drug-likeness (QED) is 0.647. The minimum Gasteiger partial charge on any atom is -0.401 e. The molecule has 0 bridgehead atoms. The normalized spacial score (nSPS) is 17.6. The molecule has 0 radical (unpaired) electrons. The summed E-state index contributed by atoms with van der Waals surface area (Å²) in [4.78, 5) is 8.83. The Morgan fingerprint density at radius 3 is 2.86 bits per heavy atom. The largest absolute Gasteiger partial charge is 0.401 e. The molecule has 3 aromatic rings. The highest BCUT2D eigenvalue weighted by atomic mass is 32.2. The van der Waals surface area contributed by atoms with Gasteiger partial charge < -0.3 is 15.0 Å². The number of hydrogen-bond donors (Lipinski definition) is 2. The number of imidazole rings is 1. The predicted octanol–water partition coefficient (Wildman–Crippen LogP) is 3.79. The molecule has 0 unspecified atom stereocenters. The molecule has 28 heavy (non-hydrogen) atoms. The molecule has 4 rings (SSSR count). The average molecular weight is 404 g/mol. The van der Waals surface area contributed by atoms with Crippen LogP contribution in [0.1, 0.15) is 32.0 Å². The highest BCUT2D eigenvalue weighted by Crippen LogP contribution is 2.25. The Morgan fingerprint density at radius 1 is 1.39 bits per heavy atom. The van der Waals surface area contributed by atoms with E-state index in [0.717, 1.165) is 46.3 Å². The third kappa shape index (κ3) is 4.81. The Morgan fingerprint density at radius 2 is 2.21 bits per heavy atom. The smallest absolute Gasteiger partial charge is 0.124 e. The summed E-state index contributed by atoms with van der Waals surface area (Å²) in [6, 6.07) is 4.54. The molecule has 1 fully saturated rings. The van der Waals surface area contributed by atoms with Gasteiger partial charge in [-0.15, -0.1) is 0 Å². The molecule has 0 saturated carbocycles. The fraction of sp³-hybridized carbons (Fsp3) is 0.400. The van der Waals surface area contributed by atoms with E-state index >= 15 is 0 Å². The Bertz CT molecular complexity index is 982. The van der Waals surface area contributed by atoms with Crippen LogP contribution in [0.5, 0.6) is 0 Å². The number of fused-ring (bicyclic) bond motifs is 3. The summed E-state index contributed by atoms with van der Waals surface area (Å²) in [6.07, 6.45) is 6.60. The van der Waals surface area contributed by atoms with Gasteiger partial charge in [-0.3, -0.25) is 10.1 Å². The first-order valence-corrected chi connectivity index (χ1v) is 10.2. The molecular formula is C20H26FN5OS. The number of halogens is 1. The number of allylic oxidation sites excluding steroid dienone is 1. The minimum atomic E-state index is -0.293. The van der Waals surface area contributed by atoms with Gasteiger partial charge >= 0.3 is 0 Å². The number of nitrogens with zero attached hydrogens (tertiary/aromatic N) is 3. The topological polar surface area (TPSA) is 92.0 Å². The lowest BCUT2D eigenvalue weighted by Crippen LogP contribution is -2.14. The third-order valence-corrected chi connectivity index (χ3v) is 5.18. The maximum Gasteiger partial charge on any atom is 0.124 e. The van der Waals surface area contributed by atoms with Crippen molar-refractivity contribution in [1.82, 2.24) is 14.5 Å². The summed E-state index contributed by atoms with van der Waals surface area (Å²) in [5.74, 6) is 0.491. The molecule has 6 nitrogen and oxygen atoms in total. The van der Waals surface area contributed by atoms with Crippen molar-refractivity contribution in [3.63, 3.8) is 0 Å². The van der Waals surface area contributed by atoms with Gasteiger partial charge in [0, 0.05) is 36.6 Å². The van der Waals surface area contributed by atoms with Crippen LogP contribution in [0.2, 0.25) is 0 Å². The zero-order valence-electron chi connectivity index (χ0n) is 16.2. The van der Waals surface area contributed by atoms with E-state index in [0.29, 0.717) is 18.2 Å². The minimum absolute atomic E-state index is 0.293. The van der Waals surface area contributed by atoms with E-state index in [1.807, 2.05) is 11.6 Å². The van der Waals surface area contributed by atoms with E-state index in [2.05, 4.69) is 16.9 Å². The molecule has 4 N–H and O–H groups in total. The van der Waals surface area contributed by atoms with Crippen LogP contribution in [0.4, 0.5) is 4.39 Å². The summed E-state index contributed by atoms with van der Waals surface area (Å²) in [6.45, 7) is 3.13. The van der Waals surface area contributed by atoms with Crippen LogP contribution < -0.4 is 10.9 Å². The number of aryl methyl sites for hydroxylation is 1. The second-order valence-electron chi connectivity index (χ2n) is 6.92. The number of benzene rings is 1. The molecule has 1 aliphatic rings. The van der Waals surface area contributed by atoms with Crippen molar-refractivity contribution in [2.75, 3.05) is 6.61 Å². The molecule has 150 valence electrons. The van der Waals surface area contributed by atoms with Gasteiger partial charge in [0.1, 0.15) is 17.2 Å². The van der Waals surface area contributed by atoms with Crippen LogP contribution in [0.3, 0.4) is 0 Å². The fourth-order valence-electron chi connectivity index (χ4n) is 3.29. The summed E-state index contributed by atoms with van der Waals surface area (Å²) in [7, 11) is 1.89. The van der Waals surface area contributed by atoms with Crippen LogP contribution in [0.15, 0.2) is 35.5 Å². The SMILES string of the molecule is C[C@@H]1CCCCO1.Cn1c(C/C(N)=C/SN)nc2cnc3ccc(F)cc3c21. The second kappa shape index (κ2) is 9.36. The zero-order chi connectivity index (χ0) is 20.1. The lowest BCUT2D eigenvalue weighted by Gasteiger charge is -2.17. The van der Waals surface area contributed by atoms with Crippen LogP contribution in [0.25, 0.3) is 21.9 Å². The van der Waals surface area contributed by atoms with Crippen molar-refractivity contribution < 1.29 is 9.13 Å². The molecule has 3 heterocycles. The van der Waals surface area contributed by atoms with Gasteiger partial charge in [-0.2, -0.15) is 0 Å². The Hall–Kier alpha value is -2.16. The maximum atomic E-state index is 13.5. The predicted molar refractivity (Wildman–Crippen MR) is 113 cm³/mol. The van der Waals surface area contributed by atoms with E-state index < -0.39 is 0 Å². The van der Waals surface area contributed by atoms with E-state index in [4.69, 9.17) is 15.6 Å². The fourth-order valence-corrected chi connectivity index (χ4v) is 3.55. The highest BCUT2D eigenvalue weighted by molar-refractivity contribution is 7.99. The number of rotatable bonds is 3. The molecule has 1 aliphatic heterocycles. The number of hydrogen-bond acceptors (Lipinski definition) is 6. The summed E-state index contributed by atoms with van der Waals surface area (Å²) in [5, 5.41) is 7.78. The Balaban J connectivity index is 0.000000271. The standard InChI is InChI=1S/C14H14FN5S.C6H12O/c1-20-13(5-9(16)7-21-17)19-12-6-18-11-3-2-8(15)4-10(11)14(12)20;1-6-4-2-3-5-7-6/h2-4,6-7H,5,16-17H2,1H3;6H,2-5H2,1H3/b9-7-;/t;6-/m.1/s1. The van der Waals surface area contributed by atoms with Crippen LogP contribution in [0, 0.1) is 5.82 Å². The summed E-state index contributed by atoms with van der Waals surface area (Å²) >= 11 is 1.06. The second-order valence-corrected chi connectivity index (χ2v) is 7.43. The van der Waals surface area contributed by atoms with Crippen LogP contribution in [-0.4, -0.2) is 27.2 Å². The van der Waals surface area contributed by atoms with Gasteiger partial charge in [0.15, 0.2) is 0 Å². The van der Waals surface area contributed by atoms with Gasteiger partial charge in [0.05, 0.1) is 23.3 Å². The van der Waals surface area contributed by atoms with Gasteiger partial charge in [0.2, 0.25) is 0 Å². The van der Waals surface area contributed by atoms with Gasteiger partial charge in [-0.1, -0.05) is 11.9 Å². The number of pyridine rings is 1. The van der Waals surface area contributed by atoms with Crippen molar-refractivity contribution in [3.8, 4) is 0 Å². The average Bonchev–Trinajstić information content (AvgIpc) is 2.99. The molecule has 0 spiro atoms. The van der Waals surface area contributed by atoms with Crippen LogP contribution >= 0.6 is 11.9 Å². The highest BCUT2D eigenvalue weighted by Gasteiger charge is 2.13. The third-order valence-electron chi connectivity index (χ3n) is 4.74. The molecule has 1 saturated heterocycles. The Labute approximate surface area is 168 Å². The van der Waals surface area contributed by atoms with Gasteiger partial charge in [0.25, 0.3) is 0 Å². The van der Waals surface area contributed by atoms with E-state index in [1.165, 1.54) is 31.4 Å². The van der Waals surface area contributed by atoms with E-state index in [9.17, 15) is 4.39 Å². The monoisotopic (exact) mass is 403 g/mol.